The number of hydrogen-bond acceptors (Lipinski definition) is 2. The molecule has 0 heterocycles. The number of carbonyl (C=O) groups excluding carboxylic acids is 1. The van der Waals surface area contributed by atoms with Gasteiger partial charge in [0.2, 0.25) is 5.91 Å². The number of rotatable bonds is 4. The first-order chi connectivity index (χ1) is 5.61. The van der Waals surface area contributed by atoms with Gasteiger partial charge in [0.1, 0.15) is 5.76 Å². The van der Waals surface area contributed by atoms with Crippen molar-refractivity contribution in [1.82, 2.24) is 4.90 Å². The Morgan fingerprint density at radius 3 is 2.58 bits per heavy atom. The summed E-state index contributed by atoms with van der Waals surface area (Å²) < 4.78 is 5.01. The predicted octanol–water partition coefficient (Wildman–Crippen LogP) is 1.18. The summed E-state index contributed by atoms with van der Waals surface area (Å²) in [5.74, 6) is 0.740. The van der Waals surface area contributed by atoms with Crippen LogP contribution in [0.15, 0.2) is 24.5 Å². The largest absolute Gasteiger partial charge is 0.499 e. The van der Waals surface area contributed by atoms with Crippen LogP contribution in [0.4, 0.5) is 0 Å². The first-order valence-electron chi connectivity index (χ1n) is 3.69. The van der Waals surface area contributed by atoms with Gasteiger partial charge in [0.15, 0.2) is 0 Å². The molecule has 0 rings (SSSR count). The maximum Gasteiger partial charge on any atom is 0.219 e. The molecule has 3 nitrogen and oxygen atoms in total. The smallest absolute Gasteiger partial charge is 0.219 e. The number of carbonyl (C=O) groups is 1. The highest BCUT2D eigenvalue weighted by Crippen LogP contribution is 1.98. The van der Waals surface area contributed by atoms with Crippen LogP contribution in [0.3, 0.4) is 0 Å². The zero-order valence-corrected chi connectivity index (χ0v) is 7.83. The van der Waals surface area contributed by atoms with Crippen molar-refractivity contribution in [3.8, 4) is 0 Å². The number of nitrogens with zero attached hydrogens (tertiary/aromatic N) is 1. The van der Waals surface area contributed by atoms with E-state index in [0.717, 1.165) is 5.76 Å². The van der Waals surface area contributed by atoms with E-state index in [4.69, 9.17) is 4.74 Å². The number of allylic oxidation sites excluding steroid dienone is 2. The Labute approximate surface area is 73.3 Å². The summed E-state index contributed by atoms with van der Waals surface area (Å²) in [7, 11) is 3.29. The molecule has 0 aromatic rings. The third kappa shape index (κ3) is 3.81. The molecular weight excluding hydrogens is 154 g/mol. The monoisotopic (exact) mass is 169 g/mol. The SMILES string of the molecule is C=C/C=C(/CN(C)C(C)=O)OC. The van der Waals surface area contributed by atoms with E-state index < -0.39 is 0 Å². The Bertz CT molecular complexity index is 197. The van der Waals surface area contributed by atoms with Crippen molar-refractivity contribution in [1.29, 1.82) is 0 Å². The zero-order valence-electron chi connectivity index (χ0n) is 7.83. The van der Waals surface area contributed by atoms with Gasteiger partial charge >= 0.3 is 0 Å². The second kappa shape index (κ2) is 5.41. The fourth-order valence-electron chi connectivity index (χ4n) is 0.662. The van der Waals surface area contributed by atoms with E-state index in [2.05, 4.69) is 6.58 Å². The van der Waals surface area contributed by atoms with Crippen LogP contribution in [0.1, 0.15) is 6.92 Å². The molecule has 3 heteroatoms. The van der Waals surface area contributed by atoms with E-state index in [9.17, 15) is 4.79 Å². The fraction of sp³-hybridized carbons (Fsp3) is 0.444. The summed E-state index contributed by atoms with van der Waals surface area (Å²) in [4.78, 5) is 12.4. The average molecular weight is 169 g/mol. The van der Waals surface area contributed by atoms with Crippen molar-refractivity contribution in [2.24, 2.45) is 0 Å². The van der Waals surface area contributed by atoms with Gasteiger partial charge in [0, 0.05) is 14.0 Å². The number of amides is 1. The topological polar surface area (TPSA) is 29.5 Å². The number of hydrogen-bond donors (Lipinski definition) is 0. The van der Waals surface area contributed by atoms with E-state index in [-0.39, 0.29) is 5.91 Å². The Morgan fingerprint density at radius 2 is 2.25 bits per heavy atom. The van der Waals surface area contributed by atoms with E-state index in [1.807, 2.05) is 0 Å². The zero-order chi connectivity index (χ0) is 9.56. The highest BCUT2D eigenvalue weighted by molar-refractivity contribution is 5.73. The van der Waals surface area contributed by atoms with Gasteiger partial charge < -0.3 is 9.64 Å². The molecule has 0 aliphatic carbocycles. The standard InChI is InChI=1S/C9H15NO2/c1-5-6-9(12-4)7-10(3)8(2)11/h5-6H,1,7H2,2-4H3/b9-6-. The molecule has 68 valence electrons. The van der Waals surface area contributed by atoms with Crippen molar-refractivity contribution < 1.29 is 9.53 Å². The Morgan fingerprint density at radius 1 is 1.67 bits per heavy atom. The molecule has 0 saturated heterocycles. The van der Waals surface area contributed by atoms with Gasteiger partial charge in [0.05, 0.1) is 13.7 Å². The molecule has 0 N–H and O–H groups in total. The molecule has 0 saturated carbocycles. The third-order valence-corrected chi connectivity index (χ3v) is 1.50. The summed E-state index contributed by atoms with van der Waals surface area (Å²) in [5, 5.41) is 0. The lowest BCUT2D eigenvalue weighted by Gasteiger charge is -2.15. The Balaban J connectivity index is 4.11. The lowest BCUT2D eigenvalue weighted by Crippen LogP contribution is -2.26. The molecule has 1 amide bonds. The number of methoxy groups -OCH3 is 1. The van der Waals surface area contributed by atoms with Crippen molar-refractivity contribution >= 4 is 5.91 Å². The third-order valence-electron chi connectivity index (χ3n) is 1.50. The maximum atomic E-state index is 10.8. The van der Waals surface area contributed by atoms with Crippen LogP contribution in [0, 0.1) is 0 Å². The van der Waals surface area contributed by atoms with E-state index >= 15 is 0 Å². The molecule has 0 radical (unpaired) electrons. The summed E-state index contributed by atoms with van der Waals surface area (Å²) in [6, 6.07) is 0. The molecule has 0 unspecified atom stereocenters. The molecule has 0 aliphatic heterocycles. The van der Waals surface area contributed by atoms with Gasteiger partial charge in [-0.05, 0) is 6.08 Å². The molecule has 0 fully saturated rings. The summed E-state index contributed by atoms with van der Waals surface area (Å²) in [6.07, 6.45) is 3.37. The van der Waals surface area contributed by atoms with Crippen LogP contribution in [-0.2, 0) is 9.53 Å². The van der Waals surface area contributed by atoms with Crippen LogP contribution >= 0.6 is 0 Å². The molecule has 0 aromatic carbocycles. The highest BCUT2D eigenvalue weighted by atomic mass is 16.5. The predicted molar refractivity (Wildman–Crippen MR) is 48.6 cm³/mol. The molecule has 12 heavy (non-hydrogen) atoms. The van der Waals surface area contributed by atoms with Crippen LogP contribution in [0.2, 0.25) is 0 Å². The minimum absolute atomic E-state index is 0.0158. The van der Waals surface area contributed by atoms with Crippen molar-refractivity contribution in [3.63, 3.8) is 0 Å². The van der Waals surface area contributed by atoms with Gasteiger partial charge in [-0.25, -0.2) is 0 Å². The van der Waals surface area contributed by atoms with E-state index in [1.54, 1.807) is 31.2 Å². The molecule has 0 atom stereocenters. The molecule has 0 spiro atoms. The van der Waals surface area contributed by atoms with Crippen LogP contribution in [-0.4, -0.2) is 31.5 Å². The first-order valence-corrected chi connectivity index (χ1v) is 3.69. The van der Waals surface area contributed by atoms with Gasteiger partial charge in [-0.3, -0.25) is 4.79 Å². The maximum absolute atomic E-state index is 10.8. The molecule has 0 aromatic heterocycles. The Kier molecular flexibility index (Phi) is 4.84. The molecule has 0 bridgehead atoms. The highest BCUT2D eigenvalue weighted by Gasteiger charge is 2.04. The first kappa shape index (κ1) is 10.8. The molecule has 0 aliphatic rings. The van der Waals surface area contributed by atoms with Crippen LogP contribution < -0.4 is 0 Å². The van der Waals surface area contributed by atoms with Gasteiger partial charge in [-0.15, -0.1) is 0 Å². The van der Waals surface area contributed by atoms with Crippen molar-refractivity contribution in [2.45, 2.75) is 6.92 Å². The summed E-state index contributed by atoms with van der Waals surface area (Å²) >= 11 is 0. The van der Waals surface area contributed by atoms with E-state index in [0.29, 0.717) is 6.54 Å². The van der Waals surface area contributed by atoms with Gasteiger partial charge in [-0.2, -0.15) is 0 Å². The van der Waals surface area contributed by atoms with Crippen molar-refractivity contribution in [2.75, 3.05) is 20.7 Å². The second-order valence-electron chi connectivity index (χ2n) is 2.45. The minimum Gasteiger partial charge on any atom is -0.499 e. The lowest BCUT2D eigenvalue weighted by molar-refractivity contribution is -0.127. The van der Waals surface area contributed by atoms with Gasteiger partial charge in [-0.1, -0.05) is 12.7 Å². The Hall–Kier alpha value is -1.25. The average Bonchev–Trinajstić information content (AvgIpc) is 2.03. The van der Waals surface area contributed by atoms with E-state index in [1.165, 1.54) is 6.92 Å². The fourth-order valence-corrected chi connectivity index (χ4v) is 0.662. The van der Waals surface area contributed by atoms with Crippen LogP contribution in [0.5, 0.6) is 0 Å². The summed E-state index contributed by atoms with van der Waals surface area (Å²) in [5.41, 5.74) is 0. The minimum atomic E-state index is 0.0158. The van der Waals surface area contributed by atoms with Crippen molar-refractivity contribution in [3.05, 3.63) is 24.5 Å². The normalized spacial score (nSPS) is 10.8. The number of likely N-dealkylation sites (N-methyl/N-ethyl adjacent to an activating group) is 1. The lowest BCUT2D eigenvalue weighted by atomic mass is 10.4. The van der Waals surface area contributed by atoms with Gasteiger partial charge in [0.25, 0.3) is 0 Å². The summed E-state index contributed by atoms with van der Waals surface area (Å²) in [6.45, 7) is 5.54. The molecular formula is C9H15NO2. The van der Waals surface area contributed by atoms with Crippen LogP contribution in [0.25, 0.3) is 0 Å². The second-order valence-corrected chi connectivity index (χ2v) is 2.45. The quantitative estimate of drug-likeness (QED) is 0.467. The number of ether oxygens (including phenoxy) is 1.